The molecule has 2 fully saturated rings. The predicted octanol–water partition coefficient (Wildman–Crippen LogP) is 7.59. The summed E-state index contributed by atoms with van der Waals surface area (Å²) >= 11 is 0. The highest BCUT2D eigenvalue weighted by Crippen LogP contribution is 2.33. The molecule has 274 valence electrons. The summed E-state index contributed by atoms with van der Waals surface area (Å²) in [7, 11) is 3.90. The Morgan fingerprint density at radius 2 is 1.73 bits per heavy atom. The standard InChI is InChI=1S/C39H47N7O6/c1-39(2,3)34-22-35(43-52-34)42-37(48)40-25-9-11-31-24(19-25)20-33(50-31)36(47)30-21-27-28(23-44(4)5)32(12-10-29(27)41-30)51-38(49)46-17-13-26(14-18-46)45-15-7-6-8-16-45/h9-12,19-22,26,41H,6-8,13-18,23H2,1-5H3,(H2,40,42,43,48). The Morgan fingerprint density at radius 3 is 2.44 bits per heavy atom. The number of amides is 3. The number of H-pyrrole nitrogens is 1. The van der Waals surface area contributed by atoms with Crippen molar-refractivity contribution in [2.45, 2.75) is 70.9 Å². The lowest BCUT2D eigenvalue weighted by Gasteiger charge is -2.39. The molecule has 5 aromatic rings. The third-order valence-corrected chi connectivity index (χ3v) is 9.91. The van der Waals surface area contributed by atoms with E-state index in [4.69, 9.17) is 13.7 Å². The minimum absolute atomic E-state index is 0.147. The van der Waals surface area contributed by atoms with Gasteiger partial charge in [0.25, 0.3) is 0 Å². The zero-order chi connectivity index (χ0) is 36.6. The number of furan rings is 1. The van der Waals surface area contributed by atoms with Crippen LogP contribution in [-0.4, -0.2) is 89.1 Å². The van der Waals surface area contributed by atoms with Crippen LogP contribution in [0.1, 0.15) is 80.4 Å². The summed E-state index contributed by atoms with van der Waals surface area (Å²) in [5.41, 5.74) is 2.67. The maximum atomic E-state index is 13.7. The number of hydrogen-bond donors (Lipinski definition) is 3. The number of fused-ring (bicyclic) bond motifs is 2. The molecule has 2 aliphatic rings. The fraction of sp³-hybridized carbons (Fsp3) is 0.436. The summed E-state index contributed by atoms with van der Waals surface area (Å²) in [6.07, 6.45) is 5.40. The van der Waals surface area contributed by atoms with E-state index in [1.807, 2.05) is 50.7 Å². The molecule has 3 aromatic heterocycles. The average molecular weight is 710 g/mol. The van der Waals surface area contributed by atoms with Crippen molar-refractivity contribution in [2.75, 3.05) is 50.9 Å². The second-order valence-corrected chi connectivity index (χ2v) is 15.2. The third-order valence-electron chi connectivity index (χ3n) is 9.91. The van der Waals surface area contributed by atoms with Crippen molar-refractivity contribution >= 4 is 51.3 Å². The van der Waals surface area contributed by atoms with Crippen molar-refractivity contribution < 1.29 is 28.1 Å². The average Bonchev–Trinajstić information content (AvgIpc) is 3.88. The molecule has 3 amide bonds. The Kier molecular flexibility index (Phi) is 9.82. The molecule has 3 N–H and O–H groups in total. The van der Waals surface area contributed by atoms with E-state index in [1.165, 1.54) is 19.3 Å². The van der Waals surface area contributed by atoms with Crippen molar-refractivity contribution in [1.29, 1.82) is 0 Å². The number of hydrogen-bond acceptors (Lipinski definition) is 9. The smallest absolute Gasteiger partial charge is 0.415 e. The number of urea groups is 1. The highest BCUT2D eigenvalue weighted by molar-refractivity contribution is 6.11. The fourth-order valence-corrected chi connectivity index (χ4v) is 7.13. The molecule has 2 aliphatic heterocycles. The zero-order valence-electron chi connectivity index (χ0n) is 30.5. The SMILES string of the molecule is CN(C)Cc1c(OC(=O)N2CCC(N3CCCCC3)CC2)ccc2[nH]c(C(=O)c3cc4cc(NC(=O)Nc5cc(C(C)(C)C)on5)ccc4o3)cc12. The van der Waals surface area contributed by atoms with Gasteiger partial charge < -0.3 is 38.7 Å². The van der Waals surface area contributed by atoms with Crippen molar-refractivity contribution in [3.05, 3.63) is 71.3 Å². The molecule has 13 nitrogen and oxygen atoms in total. The second-order valence-electron chi connectivity index (χ2n) is 15.2. The number of nitrogens with one attached hydrogen (secondary N) is 3. The van der Waals surface area contributed by atoms with E-state index in [2.05, 4.69) is 25.7 Å². The summed E-state index contributed by atoms with van der Waals surface area (Å²) in [6.45, 7) is 10.2. The van der Waals surface area contributed by atoms with Gasteiger partial charge in [0.2, 0.25) is 5.78 Å². The molecule has 13 heteroatoms. The number of likely N-dealkylation sites (tertiary alicyclic amines) is 2. The second kappa shape index (κ2) is 14.5. The van der Waals surface area contributed by atoms with Crippen LogP contribution in [0.15, 0.2) is 57.5 Å². The van der Waals surface area contributed by atoms with Gasteiger partial charge in [0.05, 0.1) is 5.69 Å². The maximum absolute atomic E-state index is 13.7. The van der Waals surface area contributed by atoms with Gasteiger partial charge in [-0.1, -0.05) is 32.3 Å². The first-order chi connectivity index (χ1) is 24.9. The Bertz CT molecular complexity index is 2090. The number of aromatic amines is 1. The lowest BCUT2D eigenvalue weighted by atomic mass is 9.93. The molecule has 0 unspecified atom stereocenters. The van der Waals surface area contributed by atoms with Crippen LogP contribution in [0.2, 0.25) is 0 Å². The number of ketones is 1. The van der Waals surface area contributed by atoms with Gasteiger partial charge in [-0.2, -0.15) is 0 Å². The van der Waals surface area contributed by atoms with Crippen LogP contribution < -0.4 is 15.4 Å². The number of aromatic nitrogens is 2. The molecule has 2 saturated heterocycles. The summed E-state index contributed by atoms with van der Waals surface area (Å²) < 4.78 is 17.3. The molecule has 2 aromatic carbocycles. The van der Waals surface area contributed by atoms with E-state index in [-0.39, 0.29) is 23.1 Å². The summed E-state index contributed by atoms with van der Waals surface area (Å²) in [5.74, 6) is 1.26. The number of nitrogens with zero attached hydrogens (tertiary/aromatic N) is 4. The van der Waals surface area contributed by atoms with Crippen LogP contribution in [0.5, 0.6) is 5.75 Å². The van der Waals surface area contributed by atoms with Crippen molar-refractivity contribution in [3.63, 3.8) is 0 Å². The normalized spacial score (nSPS) is 16.2. The van der Waals surface area contributed by atoms with Crippen molar-refractivity contribution in [3.8, 4) is 5.75 Å². The minimum Gasteiger partial charge on any atom is -0.453 e. The summed E-state index contributed by atoms with van der Waals surface area (Å²) in [5, 5.41) is 10.8. The molecule has 0 radical (unpaired) electrons. The molecule has 0 spiro atoms. The van der Waals surface area contributed by atoms with Gasteiger partial charge in [-0.15, -0.1) is 0 Å². The number of carbonyl (C=O) groups is 3. The fourth-order valence-electron chi connectivity index (χ4n) is 7.13. The largest absolute Gasteiger partial charge is 0.453 e. The lowest BCUT2D eigenvalue weighted by molar-refractivity contribution is 0.0876. The number of rotatable bonds is 8. The highest BCUT2D eigenvalue weighted by atomic mass is 16.6. The maximum Gasteiger partial charge on any atom is 0.415 e. The quantitative estimate of drug-likeness (QED) is 0.139. The van der Waals surface area contributed by atoms with E-state index >= 15 is 0 Å². The molecule has 52 heavy (non-hydrogen) atoms. The zero-order valence-corrected chi connectivity index (χ0v) is 30.5. The van der Waals surface area contributed by atoms with Crippen LogP contribution in [0.4, 0.5) is 21.1 Å². The summed E-state index contributed by atoms with van der Waals surface area (Å²) in [4.78, 5) is 49.4. The molecule has 7 rings (SSSR count). The van der Waals surface area contributed by atoms with Gasteiger partial charge in [0.1, 0.15) is 17.1 Å². The number of anilines is 2. The first-order valence-corrected chi connectivity index (χ1v) is 18.0. The van der Waals surface area contributed by atoms with Crippen molar-refractivity contribution in [1.82, 2.24) is 24.8 Å². The Labute approximate surface area is 302 Å². The first kappa shape index (κ1) is 35.3. The number of piperidine rings is 2. The van der Waals surface area contributed by atoms with Gasteiger partial charge in [0.15, 0.2) is 11.6 Å². The number of carbonyl (C=O) groups excluding carboxylic acids is 3. The van der Waals surface area contributed by atoms with Crippen LogP contribution in [0.25, 0.3) is 21.9 Å². The van der Waals surface area contributed by atoms with E-state index in [1.54, 1.807) is 42.5 Å². The molecular weight excluding hydrogens is 662 g/mol. The topological polar surface area (TPSA) is 149 Å². The van der Waals surface area contributed by atoms with Crippen LogP contribution in [0.3, 0.4) is 0 Å². The Balaban J connectivity index is 1.04. The van der Waals surface area contributed by atoms with Gasteiger partial charge in [-0.3, -0.25) is 10.1 Å². The molecule has 0 aliphatic carbocycles. The van der Waals surface area contributed by atoms with Crippen LogP contribution in [0, 0.1) is 0 Å². The Hall–Kier alpha value is -5.14. The van der Waals surface area contributed by atoms with E-state index in [0.29, 0.717) is 65.4 Å². The van der Waals surface area contributed by atoms with Gasteiger partial charge in [-0.25, -0.2) is 9.59 Å². The van der Waals surface area contributed by atoms with Gasteiger partial charge in [-0.05, 0) is 95.3 Å². The Morgan fingerprint density at radius 1 is 0.962 bits per heavy atom. The monoisotopic (exact) mass is 709 g/mol. The minimum atomic E-state index is -0.484. The predicted molar refractivity (Wildman–Crippen MR) is 199 cm³/mol. The summed E-state index contributed by atoms with van der Waals surface area (Å²) in [6, 6.07) is 13.9. The molecule has 0 atom stereocenters. The molecule has 5 heterocycles. The van der Waals surface area contributed by atoms with Gasteiger partial charge in [0, 0.05) is 64.7 Å². The van der Waals surface area contributed by atoms with Crippen LogP contribution >= 0.6 is 0 Å². The highest BCUT2D eigenvalue weighted by Gasteiger charge is 2.29. The van der Waals surface area contributed by atoms with Crippen LogP contribution in [-0.2, 0) is 12.0 Å². The molecule has 0 saturated carbocycles. The number of benzene rings is 2. The lowest BCUT2D eigenvalue weighted by Crippen LogP contribution is -2.48. The van der Waals surface area contributed by atoms with E-state index in [0.717, 1.165) is 42.4 Å². The molecule has 0 bridgehead atoms. The van der Waals surface area contributed by atoms with Crippen molar-refractivity contribution in [2.24, 2.45) is 0 Å². The van der Waals surface area contributed by atoms with E-state index in [9.17, 15) is 14.4 Å². The van der Waals surface area contributed by atoms with E-state index < -0.39 is 6.03 Å². The number of ether oxygens (including phenoxy) is 1. The third kappa shape index (κ3) is 7.70. The first-order valence-electron chi connectivity index (χ1n) is 18.0. The molecular formula is C39H47N7O6. The van der Waals surface area contributed by atoms with Gasteiger partial charge >= 0.3 is 12.1 Å².